The van der Waals surface area contributed by atoms with Gasteiger partial charge in [0.25, 0.3) is 5.56 Å². The Morgan fingerprint density at radius 2 is 1.86 bits per heavy atom. The Bertz CT molecular complexity index is 1110. The number of ether oxygens (including phenoxy) is 3. The van der Waals surface area contributed by atoms with E-state index in [1.165, 1.54) is 16.8 Å². The van der Waals surface area contributed by atoms with Crippen molar-refractivity contribution in [1.29, 1.82) is 0 Å². The molecule has 3 aromatic rings. The van der Waals surface area contributed by atoms with Crippen molar-refractivity contribution < 1.29 is 14.2 Å². The molecule has 4 heterocycles. The van der Waals surface area contributed by atoms with E-state index in [1.54, 1.807) is 0 Å². The van der Waals surface area contributed by atoms with Crippen LogP contribution >= 0.6 is 0 Å². The summed E-state index contributed by atoms with van der Waals surface area (Å²) in [6, 6.07) is 9.05. The Balaban J connectivity index is 1.28. The standard InChI is InChI=1S/C21H22N4O4/c1-14-12-19-22-7-4-20(26)25(19)23-21(14)24-8-5-15(6-9-24)29-16-2-3-17-18(13-16)28-11-10-27-17/h2-4,7,12-13,15H,5-6,8-11H2,1H3. The molecule has 2 aliphatic rings. The lowest BCUT2D eigenvalue weighted by molar-refractivity contribution is 0.159. The van der Waals surface area contributed by atoms with Gasteiger partial charge in [0.2, 0.25) is 0 Å². The highest BCUT2D eigenvalue weighted by Gasteiger charge is 2.24. The average Bonchev–Trinajstić information content (AvgIpc) is 2.74. The van der Waals surface area contributed by atoms with Gasteiger partial charge in [0.15, 0.2) is 23.0 Å². The molecule has 8 nitrogen and oxygen atoms in total. The molecule has 1 saturated heterocycles. The summed E-state index contributed by atoms with van der Waals surface area (Å²) in [4.78, 5) is 18.5. The molecule has 0 radical (unpaired) electrons. The van der Waals surface area contributed by atoms with Crippen LogP contribution in [0.15, 0.2) is 41.3 Å². The van der Waals surface area contributed by atoms with E-state index in [0.29, 0.717) is 18.9 Å². The van der Waals surface area contributed by atoms with E-state index >= 15 is 0 Å². The fourth-order valence-electron chi connectivity index (χ4n) is 3.83. The Kier molecular flexibility index (Phi) is 4.46. The molecule has 29 heavy (non-hydrogen) atoms. The van der Waals surface area contributed by atoms with Gasteiger partial charge in [0.05, 0.1) is 0 Å². The van der Waals surface area contributed by atoms with Gasteiger partial charge in [0.1, 0.15) is 25.1 Å². The van der Waals surface area contributed by atoms with Gasteiger partial charge in [-0.25, -0.2) is 4.98 Å². The molecule has 2 aromatic heterocycles. The van der Waals surface area contributed by atoms with Crippen LogP contribution in [0.2, 0.25) is 0 Å². The summed E-state index contributed by atoms with van der Waals surface area (Å²) >= 11 is 0. The number of piperidine rings is 1. The zero-order valence-corrected chi connectivity index (χ0v) is 16.2. The summed E-state index contributed by atoms with van der Waals surface area (Å²) in [5.41, 5.74) is 1.40. The third-order valence-corrected chi connectivity index (χ3v) is 5.30. The fourth-order valence-corrected chi connectivity index (χ4v) is 3.83. The van der Waals surface area contributed by atoms with Gasteiger partial charge in [-0.15, -0.1) is 5.10 Å². The van der Waals surface area contributed by atoms with Gasteiger partial charge in [-0.1, -0.05) is 0 Å². The highest BCUT2D eigenvalue weighted by atomic mass is 16.6. The van der Waals surface area contributed by atoms with Crippen LogP contribution in [-0.4, -0.2) is 47.0 Å². The van der Waals surface area contributed by atoms with Crippen molar-refractivity contribution in [3.05, 3.63) is 52.4 Å². The summed E-state index contributed by atoms with van der Waals surface area (Å²) in [7, 11) is 0. The maximum atomic E-state index is 12.1. The Labute approximate surface area is 167 Å². The van der Waals surface area contributed by atoms with Crippen LogP contribution in [0.3, 0.4) is 0 Å². The Hall–Kier alpha value is -3.29. The lowest BCUT2D eigenvalue weighted by Crippen LogP contribution is -2.39. The highest BCUT2D eigenvalue weighted by molar-refractivity contribution is 5.52. The molecule has 0 N–H and O–H groups in total. The lowest BCUT2D eigenvalue weighted by atomic mass is 10.1. The molecule has 1 aromatic carbocycles. The number of hydrogen-bond donors (Lipinski definition) is 0. The van der Waals surface area contributed by atoms with Crippen molar-refractivity contribution in [2.24, 2.45) is 0 Å². The molecule has 0 bridgehead atoms. The third-order valence-electron chi connectivity index (χ3n) is 5.30. The molecule has 1 fully saturated rings. The number of aryl methyl sites for hydroxylation is 1. The summed E-state index contributed by atoms with van der Waals surface area (Å²) in [6.07, 6.45) is 3.38. The second kappa shape index (κ2) is 7.27. The minimum atomic E-state index is -0.173. The van der Waals surface area contributed by atoms with Crippen molar-refractivity contribution in [3.8, 4) is 17.2 Å². The second-order valence-corrected chi connectivity index (χ2v) is 7.31. The predicted octanol–water partition coefficient (Wildman–Crippen LogP) is 2.22. The van der Waals surface area contributed by atoms with Crippen molar-refractivity contribution in [2.75, 3.05) is 31.2 Å². The number of nitrogens with zero attached hydrogens (tertiary/aromatic N) is 4. The van der Waals surface area contributed by atoms with E-state index in [-0.39, 0.29) is 11.7 Å². The van der Waals surface area contributed by atoms with E-state index in [1.807, 2.05) is 31.2 Å². The van der Waals surface area contributed by atoms with Crippen LogP contribution in [0.5, 0.6) is 17.2 Å². The molecular weight excluding hydrogens is 372 g/mol. The van der Waals surface area contributed by atoms with Crippen molar-refractivity contribution in [2.45, 2.75) is 25.9 Å². The molecule has 5 rings (SSSR count). The topological polar surface area (TPSA) is 78.2 Å². The van der Waals surface area contributed by atoms with Crippen LogP contribution in [-0.2, 0) is 0 Å². The molecule has 0 unspecified atom stereocenters. The van der Waals surface area contributed by atoms with Gasteiger partial charge in [-0.2, -0.15) is 4.52 Å². The maximum absolute atomic E-state index is 12.1. The highest BCUT2D eigenvalue weighted by Crippen LogP contribution is 2.34. The first kappa shape index (κ1) is 17.8. The largest absolute Gasteiger partial charge is 0.490 e. The molecule has 8 heteroatoms. The monoisotopic (exact) mass is 394 g/mol. The zero-order valence-electron chi connectivity index (χ0n) is 16.2. The molecule has 0 spiro atoms. The smallest absolute Gasteiger partial charge is 0.274 e. The van der Waals surface area contributed by atoms with E-state index in [4.69, 9.17) is 14.2 Å². The Morgan fingerprint density at radius 3 is 2.69 bits per heavy atom. The predicted molar refractivity (Wildman–Crippen MR) is 107 cm³/mol. The van der Waals surface area contributed by atoms with Gasteiger partial charge in [0, 0.05) is 44.3 Å². The number of rotatable bonds is 3. The van der Waals surface area contributed by atoms with Crippen molar-refractivity contribution in [3.63, 3.8) is 0 Å². The van der Waals surface area contributed by atoms with Gasteiger partial charge in [-0.3, -0.25) is 4.79 Å². The number of benzene rings is 1. The van der Waals surface area contributed by atoms with Crippen LogP contribution in [0.1, 0.15) is 18.4 Å². The minimum absolute atomic E-state index is 0.124. The molecule has 150 valence electrons. The van der Waals surface area contributed by atoms with Crippen molar-refractivity contribution >= 4 is 11.5 Å². The molecule has 0 aliphatic carbocycles. The molecule has 2 aliphatic heterocycles. The van der Waals surface area contributed by atoms with Crippen LogP contribution in [0.25, 0.3) is 5.65 Å². The second-order valence-electron chi connectivity index (χ2n) is 7.31. The molecule has 0 saturated carbocycles. The normalized spacial score (nSPS) is 16.8. The van der Waals surface area contributed by atoms with E-state index in [2.05, 4.69) is 15.0 Å². The first-order valence-corrected chi connectivity index (χ1v) is 9.84. The van der Waals surface area contributed by atoms with E-state index in [0.717, 1.165) is 54.6 Å². The number of fused-ring (bicyclic) bond motifs is 2. The van der Waals surface area contributed by atoms with Crippen molar-refractivity contribution in [1.82, 2.24) is 14.6 Å². The number of hydrogen-bond acceptors (Lipinski definition) is 7. The van der Waals surface area contributed by atoms with Crippen LogP contribution < -0.4 is 24.7 Å². The van der Waals surface area contributed by atoms with Gasteiger partial charge < -0.3 is 19.1 Å². The van der Waals surface area contributed by atoms with Gasteiger partial charge in [-0.05, 0) is 30.7 Å². The summed E-state index contributed by atoms with van der Waals surface area (Å²) in [6.45, 7) is 4.76. The zero-order chi connectivity index (χ0) is 19.8. The third kappa shape index (κ3) is 3.46. The molecule has 0 amide bonds. The average molecular weight is 394 g/mol. The van der Waals surface area contributed by atoms with Crippen LogP contribution in [0, 0.1) is 6.92 Å². The van der Waals surface area contributed by atoms with E-state index in [9.17, 15) is 4.79 Å². The number of anilines is 1. The quantitative estimate of drug-likeness (QED) is 0.674. The Morgan fingerprint density at radius 1 is 1.07 bits per heavy atom. The fraction of sp³-hybridized carbons (Fsp3) is 0.381. The first-order valence-electron chi connectivity index (χ1n) is 9.84. The summed E-state index contributed by atoms with van der Waals surface area (Å²) in [5.74, 6) is 3.12. The lowest BCUT2D eigenvalue weighted by Gasteiger charge is -2.33. The first-order chi connectivity index (χ1) is 14.2. The van der Waals surface area contributed by atoms with Crippen LogP contribution in [0.4, 0.5) is 5.82 Å². The summed E-state index contributed by atoms with van der Waals surface area (Å²) in [5, 5.41) is 4.55. The van der Waals surface area contributed by atoms with E-state index < -0.39 is 0 Å². The maximum Gasteiger partial charge on any atom is 0.274 e. The minimum Gasteiger partial charge on any atom is -0.490 e. The SMILES string of the molecule is Cc1cc2nccc(=O)n2nc1N1CCC(Oc2ccc3c(c2)OCCO3)CC1. The molecule has 0 atom stereocenters. The number of aromatic nitrogens is 3. The van der Waals surface area contributed by atoms with Gasteiger partial charge >= 0.3 is 0 Å². The molecular formula is C21H22N4O4. The summed E-state index contributed by atoms with van der Waals surface area (Å²) < 4.78 is 18.7.